The van der Waals surface area contributed by atoms with Crippen LogP contribution in [-0.2, 0) is 6.54 Å². The summed E-state index contributed by atoms with van der Waals surface area (Å²) in [5, 5.41) is 11.4. The Bertz CT molecular complexity index is 596. The number of benzene rings is 1. The Morgan fingerprint density at radius 3 is 2.70 bits per heavy atom. The van der Waals surface area contributed by atoms with Crippen LogP contribution in [0.15, 0.2) is 18.2 Å². The molecule has 9 heteroatoms. The average Bonchev–Trinajstić information content (AvgIpc) is 2.75. The van der Waals surface area contributed by atoms with E-state index in [9.17, 15) is 13.2 Å². The number of anilines is 1. The van der Waals surface area contributed by atoms with E-state index >= 15 is 0 Å². The molecule has 2 aromatic rings. The zero-order valence-corrected chi connectivity index (χ0v) is 11.0. The maximum atomic E-state index is 12.1. The van der Waals surface area contributed by atoms with E-state index < -0.39 is 12.6 Å². The first-order chi connectivity index (χ1) is 9.37. The van der Waals surface area contributed by atoms with E-state index in [0.717, 1.165) is 0 Å². The third kappa shape index (κ3) is 3.60. The first-order valence-corrected chi connectivity index (χ1v) is 6.13. The maximum absolute atomic E-state index is 12.1. The number of hydrogen-bond donors (Lipinski definition) is 1. The topological polar surface area (TPSA) is 69.6 Å². The molecule has 0 bridgehead atoms. The summed E-state index contributed by atoms with van der Waals surface area (Å²) < 4.78 is 37.7. The van der Waals surface area contributed by atoms with Gasteiger partial charge in [0, 0.05) is 29.2 Å². The molecule has 1 aromatic carbocycles. The number of hydrogen-bond acceptors (Lipinski definition) is 4. The summed E-state index contributed by atoms with van der Waals surface area (Å²) in [6, 6.07) is 4.78. The van der Waals surface area contributed by atoms with Gasteiger partial charge in [-0.3, -0.25) is 0 Å². The van der Waals surface area contributed by atoms with Crippen LogP contribution >= 0.6 is 11.6 Å². The van der Waals surface area contributed by atoms with E-state index in [1.54, 1.807) is 12.1 Å². The van der Waals surface area contributed by atoms with Crippen molar-refractivity contribution in [2.24, 2.45) is 0 Å². The molecule has 2 N–H and O–H groups in total. The lowest BCUT2D eigenvalue weighted by molar-refractivity contribution is -0.136. The second-order valence-corrected chi connectivity index (χ2v) is 4.61. The lowest BCUT2D eigenvalue weighted by Gasteiger charge is -2.08. The van der Waals surface area contributed by atoms with Crippen LogP contribution in [0.5, 0.6) is 0 Å². The molecule has 0 spiro atoms. The van der Waals surface area contributed by atoms with Crippen LogP contribution in [0.3, 0.4) is 0 Å². The molecular formula is C11H11ClF3N5. The highest BCUT2D eigenvalue weighted by atomic mass is 35.5. The van der Waals surface area contributed by atoms with Crippen LogP contribution in [0, 0.1) is 0 Å². The van der Waals surface area contributed by atoms with Crippen molar-refractivity contribution in [3.05, 3.63) is 23.2 Å². The minimum absolute atomic E-state index is 0.0594. The fourth-order valence-corrected chi connectivity index (χ4v) is 1.90. The van der Waals surface area contributed by atoms with Crippen LogP contribution in [0.4, 0.5) is 18.9 Å². The van der Waals surface area contributed by atoms with Crippen LogP contribution in [0.2, 0.25) is 5.02 Å². The molecule has 0 saturated heterocycles. The van der Waals surface area contributed by atoms with E-state index in [-0.39, 0.29) is 13.0 Å². The van der Waals surface area contributed by atoms with Crippen molar-refractivity contribution in [2.45, 2.75) is 25.6 Å². The number of nitrogens with zero attached hydrogens (tertiary/aromatic N) is 4. The molecule has 0 aliphatic rings. The van der Waals surface area contributed by atoms with Crippen molar-refractivity contribution < 1.29 is 13.2 Å². The molecule has 0 radical (unpaired) electrons. The predicted molar refractivity (Wildman–Crippen MR) is 68.0 cm³/mol. The normalized spacial score (nSPS) is 11.8. The summed E-state index contributed by atoms with van der Waals surface area (Å²) in [5.74, 6) is 0.321. The van der Waals surface area contributed by atoms with Gasteiger partial charge >= 0.3 is 6.18 Å². The Kier molecular flexibility index (Phi) is 4.12. The van der Waals surface area contributed by atoms with Crippen LogP contribution < -0.4 is 5.73 Å². The zero-order chi connectivity index (χ0) is 14.8. The molecule has 0 atom stereocenters. The molecule has 1 aromatic heterocycles. The van der Waals surface area contributed by atoms with Crippen LogP contribution in [-0.4, -0.2) is 26.4 Å². The van der Waals surface area contributed by atoms with Gasteiger partial charge in [-0.1, -0.05) is 11.6 Å². The van der Waals surface area contributed by atoms with E-state index in [0.29, 0.717) is 22.1 Å². The fraction of sp³-hybridized carbons (Fsp3) is 0.364. The van der Waals surface area contributed by atoms with Crippen LogP contribution in [0.1, 0.15) is 12.8 Å². The van der Waals surface area contributed by atoms with Gasteiger partial charge in [0.2, 0.25) is 0 Å². The Labute approximate surface area is 117 Å². The second kappa shape index (κ2) is 5.66. The summed E-state index contributed by atoms with van der Waals surface area (Å²) in [5.41, 5.74) is 6.70. The standard InChI is InChI=1S/C11H11ClF3N5/c12-7-2-3-8(9(16)6-7)10-17-18-19-20(10)5-1-4-11(13,14)15/h2-3,6H,1,4-5,16H2. The molecule has 0 aliphatic carbocycles. The zero-order valence-electron chi connectivity index (χ0n) is 10.2. The number of nitrogens with two attached hydrogens (primary N) is 1. The SMILES string of the molecule is Nc1cc(Cl)ccc1-c1nnnn1CCCC(F)(F)F. The van der Waals surface area contributed by atoms with Gasteiger partial charge in [0.25, 0.3) is 0 Å². The number of nitrogen functional groups attached to an aromatic ring is 1. The fourth-order valence-electron chi connectivity index (χ4n) is 1.71. The molecule has 108 valence electrons. The van der Waals surface area contributed by atoms with Gasteiger partial charge in [-0.2, -0.15) is 13.2 Å². The minimum atomic E-state index is -4.19. The monoisotopic (exact) mass is 305 g/mol. The maximum Gasteiger partial charge on any atom is 0.389 e. The van der Waals surface area contributed by atoms with E-state index in [4.69, 9.17) is 17.3 Å². The third-order valence-corrected chi connectivity index (χ3v) is 2.85. The predicted octanol–water partition coefficient (Wildman–Crippen LogP) is 2.92. The molecule has 2 rings (SSSR count). The Balaban J connectivity index is 2.16. The van der Waals surface area contributed by atoms with Gasteiger partial charge < -0.3 is 5.73 Å². The average molecular weight is 306 g/mol. The van der Waals surface area contributed by atoms with Gasteiger partial charge in [0.1, 0.15) is 0 Å². The van der Waals surface area contributed by atoms with Crippen LogP contribution in [0.25, 0.3) is 11.4 Å². The Morgan fingerprint density at radius 1 is 1.30 bits per heavy atom. The van der Waals surface area contributed by atoms with Crippen molar-refractivity contribution in [1.82, 2.24) is 20.2 Å². The van der Waals surface area contributed by atoms with E-state index in [2.05, 4.69) is 15.5 Å². The molecule has 0 amide bonds. The van der Waals surface area contributed by atoms with Crippen molar-refractivity contribution in [3.8, 4) is 11.4 Å². The highest BCUT2D eigenvalue weighted by Gasteiger charge is 2.26. The van der Waals surface area contributed by atoms with Crippen molar-refractivity contribution in [2.75, 3.05) is 5.73 Å². The summed E-state index contributed by atoms with van der Waals surface area (Å²) in [6.45, 7) is 0.0594. The van der Waals surface area contributed by atoms with Crippen molar-refractivity contribution in [1.29, 1.82) is 0 Å². The molecule has 0 saturated carbocycles. The number of halogens is 4. The number of aryl methyl sites for hydroxylation is 1. The molecule has 0 fully saturated rings. The van der Waals surface area contributed by atoms with Crippen molar-refractivity contribution >= 4 is 17.3 Å². The quantitative estimate of drug-likeness (QED) is 0.882. The highest BCUT2D eigenvalue weighted by Crippen LogP contribution is 2.27. The van der Waals surface area contributed by atoms with Gasteiger partial charge in [-0.05, 0) is 35.0 Å². The summed E-state index contributed by atoms with van der Waals surface area (Å²) in [6.07, 6.45) is -5.18. The lowest BCUT2D eigenvalue weighted by Crippen LogP contribution is -2.11. The largest absolute Gasteiger partial charge is 0.398 e. The van der Waals surface area contributed by atoms with Gasteiger partial charge in [0.05, 0.1) is 0 Å². The Morgan fingerprint density at radius 2 is 2.05 bits per heavy atom. The summed E-state index contributed by atoms with van der Waals surface area (Å²) in [7, 11) is 0. The third-order valence-electron chi connectivity index (χ3n) is 2.62. The van der Waals surface area contributed by atoms with E-state index in [1.165, 1.54) is 10.7 Å². The summed E-state index contributed by atoms with van der Waals surface area (Å²) >= 11 is 5.79. The smallest absolute Gasteiger partial charge is 0.389 e. The van der Waals surface area contributed by atoms with E-state index in [1.807, 2.05) is 0 Å². The first kappa shape index (κ1) is 14.6. The highest BCUT2D eigenvalue weighted by molar-refractivity contribution is 6.31. The van der Waals surface area contributed by atoms with Gasteiger partial charge in [0.15, 0.2) is 5.82 Å². The second-order valence-electron chi connectivity index (χ2n) is 4.18. The Hall–Kier alpha value is -1.83. The minimum Gasteiger partial charge on any atom is -0.398 e. The van der Waals surface area contributed by atoms with Gasteiger partial charge in [-0.25, -0.2) is 4.68 Å². The van der Waals surface area contributed by atoms with Gasteiger partial charge in [-0.15, -0.1) is 5.10 Å². The molecule has 5 nitrogen and oxygen atoms in total. The number of tetrazole rings is 1. The number of rotatable bonds is 4. The molecule has 0 unspecified atom stereocenters. The first-order valence-electron chi connectivity index (χ1n) is 5.75. The lowest BCUT2D eigenvalue weighted by atomic mass is 10.1. The molecular weight excluding hydrogens is 295 g/mol. The van der Waals surface area contributed by atoms with Crippen molar-refractivity contribution in [3.63, 3.8) is 0 Å². The molecule has 0 aliphatic heterocycles. The molecule has 20 heavy (non-hydrogen) atoms. The number of aromatic nitrogens is 4. The summed E-state index contributed by atoms with van der Waals surface area (Å²) in [4.78, 5) is 0. The number of alkyl halides is 3. The molecule has 1 heterocycles.